The van der Waals surface area contributed by atoms with Gasteiger partial charge in [-0.2, -0.15) is 0 Å². The highest BCUT2D eigenvalue weighted by Crippen LogP contribution is 2.28. The van der Waals surface area contributed by atoms with Crippen LogP contribution in [-0.4, -0.2) is 14.8 Å². The van der Waals surface area contributed by atoms with Crippen molar-refractivity contribution in [3.63, 3.8) is 0 Å². The van der Waals surface area contributed by atoms with Crippen molar-refractivity contribution in [3.8, 4) is 0 Å². The van der Waals surface area contributed by atoms with Crippen LogP contribution in [0.1, 0.15) is 52.7 Å². The topological polar surface area (TPSA) is 56.7 Å². The molecule has 4 nitrogen and oxygen atoms in total. The van der Waals surface area contributed by atoms with E-state index in [9.17, 15) is 0 Å². The Bertz CT molecular complexity index is 349. The predicted octanol–water partition coefficient (Wildman–Crippen LogP) is 2.37. The summed E-state index contributed by atoms with van der Waals surface area (Å²) in [7, 11) is 0. The van der Waals surface area contributed by atoms with Gasteiger partial charge >= 0.3 is 0 Å². The lowest BCUT2D eigenvalue weighted by atomic mass is 9.80. The fraction of sp³-hybridized carbons (Fsp3) is 0.846. The molecule has 1 atom stereocenters. The first kappa shape index (κ1) is 14.2. The quantitative estimate of drug-likeness (QED) is 0.856. The van der Waals surface area contributed by atoms with Crippen LogP contribution in [-0.2, 0) is 19.5 Å². The molecule has 1 aromatic heterocycles. The second-order valence-corrected chi connectivity index (χ2v) is 5.86. The molecule has 1 rings (SSSR count). The van der Waals surface area contributed by atoms with Crippen molar-refractivity contribution in [2.75, 3.05) is 0 Å². The van der Waals surface area contributed by atoms with E-state index in [0.717, 1.165) is 31.0 Å². The van der Waals surface area contributed by atoms with Gasteiger partial charge in [-0.05, 0) is 17.8 Å². The van der Waals surface area contributed by atoms with E-state index in [1.54, 1.807) is 0 Å². The second kappa shape index (κ2) is 5.63. The van der Waals surface area contributed by atoms with Crippen LogP contribution < -0.4 is 5.73 Å². The summed E-state index contributed by atoms with van der Waals surface area (Å²) in [5.41, 5.74) is 5.99. The van der Waals surface area contributed by atoms with Gasteiger partial charge in [0, 0.05) is 13.0 Å². The summed E-state index contributed by atoms with van der Waals surface area (Å²) >= 11 is 0. The normalized spacial score (nSPS) is 14.0. The van der Waals surface area contributed by atoms with Gasteiger partial charge in [-0.3, -0.25) is 0 Å². The molecule has 0 aliphatic carbocycles. The SMILES string of the molecule is CCCn1c(CN)nnc1CC(C)C(C)(C)C. The van der Waals surface area contributed by atoms with E-state index in [2.05, 4.69) is 49.4 Å². The highest BCUT2D eigenvalue weighted by molar-refractivity contribution is 4.97. The molecule has 17 heavy (non-hydrogen) atoms. The number of nitrogens with two attached hydrogens (primary N) is 1. The third-order valence-electron chi connectivity index (χ3n) is 3.50. The van der Waals surface area contributed by atoms with Gasteiger partial charge in [-0.25, -0.2) is 0 Å². The monoisotopic (exact) mass is 238 g/mol. The van der Waals surface area contributed by atoms with Gasteiger partial charge in [0.2, 0.25) is 0 Å². The first-order valence-corrected chi connectivity index (χ1v) is 6.51. The van der Waals surface area contributed by atoms with E-state index in [0.29, 0.717) is 17.9 Å². The Morgan fingerprint density at radius 1 is 1.24 bits per heavy atom. The molecule has 1 aromatic rings. The molecule has 1 heterocycles. The van der Waals surface area contributed by atoms with Crippen LogP contribution in [0.3, 0.4) is 0 Å². The maximum Gasteiger partial charge on any atom is 0.146 e. The molecule has 0 amide bonds. The van der Waals surface area contributed by atoms with Gasteiger partial charge < -0.3 is 10.3 Å². The standard InChI is InChI=1S/C13H26N4/c1-6-7-17-11(15-16-12(17)9-14)8-10(2)13(3,4)5/h10H,6-9,14H2,1-5H3. The van der Waals surface area contributed by atoms with Crippen LogP contribution in [0.4, 0.5) is 0 Å². The minimum absolute atomic E-state index is 0.297. The molecule has 0 saturated heterocycles. The number of hydrogen-bond acceptors (Lipinski definition) is 3. The van der Waals surface area contributed by atoms with Crippen LogP contribution in [0.2, 0.25) is 0 Å². The molecule has 0 bridgehead atoms. The van der Waals surface area contributed by atoms with Crippen molar-refractivity contribution in [1.29, 1.82) is 0 Å². The van der Waals surface area contributed by atoms with Crippen LogP contribution >= 0.6 is 0 Å². The smallest absolute Gasteiger partial charge is 0.146 e. The van der Waals surface area contributed by atoms with Crippen molar-refractivity contribution < 1.29 is 0 Å². The fourth-order valence-electron chi connectivity index (χ4n) is 1.74. The van der Waals surface area contributed by atoms with Crippen LogP contribution in [0.5, 0.6) is 0 Å². The maximum absolute atomic E-state index is 5.69. The zero-order valence-corrected chi connectivity index (χ0v) is 11.8. The highest BCUT2D eigenvalue weighted by atomic mass is 15.3. The van der Waals surface area contributed by atoms with Crippen molar-refractivity contribution >= 4 is 0 Å². The van der Waals surface area contributed by atoms with Crippen LogP contribution in [0, 0.1) is 11.3 Å². The van der Waals surface area contributed by atoms with Gasteiger partial charge in [0.25, 0.3) is 0 Å². The number of hydrogen-bond donors (Lipinski definition) is 1. The lowest BCUT2D eigenvalue weighted by Crippen LogP contribution is -2.22. The fourth-order valence-corrected chi connectivity index (χ4v) is 1.74. The van der Waals surface area contributed by atoms with E-state index < -0.39 is 0 Å². The van der Waals surface area contributed by atoms with Crippen LogP contribution in [0.25, 0.3) is 0 Å². The van der Waals surface area contributed by atoms with Crippen molar-refractivity contribution in [2.24, 2.45) is 17.1 Å². The Morgan fingerprint density at radius 2 is 1.82 bits per heavy atom. The zero-order valence-electron chi connectivity index (χ0n) is 11.8. The molecule has 98 valence electrons. The maximum atomic E-state index is 5.69. The molecular formula is C13H26N4. The number of rotatable bonds is 5. The third-order valence-corrected chi connectivity index (χ3v) is 3.50. The van der Waals surface area contributed by atoms with Gasteiger partial charge in [-0.1, -0.05) is 34.6 Å². The third kappa shape index (κ3) is 3.53. The van der Waals surface area contributed by atoms with E-state index in [4.69, 9.17) is 5.73 Å². The Kier molecular flexibility index (Phi) is 4.69. The Hall–Kier alpha value is -0.900. The summed E-state index contributed by atoms with van der Waals surface area (Å²) in [6, 6.07) is 0. The van der Waals surface area contributed by atoms with Crippen LogP contribution in [0.15, 0.2) is 0 Å². The van der Waals surface area contributed by atoms with E-state index in [1.807, 2.05) is 0 Å². The summed E-state index contributed by atoms with van der Waals surface area (Å²) in [5, 5.41) is 8.47. The predicted molar refractivity (Wildman–Crippen MR) is 70.5 cm³/mol. The molecular weight excluding hydrogens is 212 g/mol. The number of nitrogens with zero attached hydrogens (tertiary/aromatic N) is 3. The molecule has 0 spiro atoms. The number of aromatic nitrogens is 3. The minimum Gasteiger partial charge on any atom is -0.324 e. The van der Waals surface area contributed by atoms with Gasteiger partial charge in [0.15, 0.2) is 0 Å². The Labute approximate surface area is 105 Å². The van der Waals surface area contributed by atoms with E-state index >= 15 is 0 Å². The van der Waals surface area contributed by atoms with Gasteiger partial charge in [-0.15, -0.1) is 10.2 Å². The van der Waals surface area contributed by atoms with E-state index in [1.165, 1.54) is 0 Å². The average molecular weight is 238 g/mol. The Morgan fingerprint density at radius 3 is 2.29 bits per heavy atom. The Balaban J connectivity index is 2.87. The second-order valence-electron chi connectivity index (χ2n) is 5.86. The van der Waals surface area contributed by atoms with Crippen molar-refractivity contribution in [1.82, 2.24) is 14.8 Å². The molecule has 4 heteroatoms. The lowest BCUT2D eigenvalue weighted by molar-refractivity contribution is 0.254. The van der Waals surface area contributed by atoms with Gasteiger partial charge in [0.1, 0.15) is 11.6 Å². The summed E-state index contributed by atoms with van der Waals surface area (Å²) in [5.74, 6) is 2.56. The van der Waals surface area contributed by atoms with Gasteiger partial charge in [0.05, 0.1) is 6.54 Å². The van der Waals surface area contributed by atoms with E-state index in [-0.39, 0.29) is 0 Å². The molecule has 0 aromatic carbocycles. The summed E-state index contributed by atoms with van der Waals surface area (Å²) < 4.78 is 2.18. The average Bonchev–Trinajstić information content (AvgIpc) is 2.60. The summed E-state index contributed by atoms with van der Waals surface area (Å²) in [6.07, 6.45) is 2.05. The van der Waals surface area contributed by atoms with Crippen molar-refractivity contribution in [3.05, 3.63) is 11.6 Å². The lowest BCUT2D eigenvalue weighted by Gasteiger charge is -2.27. The minimum atomic E-state index is 0.297. The molecule has 0 aliphatic heterocycles. The highest BCUT2D eigenvalue weighted by Gasteiger charge is 2.23. The molecule has 1 unspecified atom stereocenters. The first-order valence-electron chi connectivity index (χ1n) is 6.51. The molecule has 0 aliphatic rings. The molecule has 2 N–H and O–H groups in total. The zero-order chi connectivity index (χ0) is 13.1. The summed E-state index contributed by atoms with van der Waals surface area (Å²) in [6.45, 7) is 12.7. The molecule has 0 saturated carbocycles. The largest absolute Gasteiger partial charge is 0.324 e. The molecule has 0 fully saturated rings. The van der Waals surface area contributed by atoms with Crippen molar-refractivity contribution in [2.45, 2.75) is 60.5 Å². The molecule has 0 radical (unpaired) electrons. The first-order chi connectivity index (χ1) is 7.90. The summed E-state index contributed by atoms with van der Waals surface area (Å²) in [4.78, 5) is 0.